The maximum absolute atomic E-state index is 12.7. The van der Waals surface area contributed by atoms with Gasteiger partial charge in [-0.15, -0.1) is 0 Å². The Morgan fingerprint density at radius 3 is 2.55 bits per heavy atom. The van der Waals surface area contributed by atoms with Crippen LogP contribution < -0.4 is 15.4 Å². The standard InChI is InChI=1S/C24H25N3O4/c1-16-22(23(27-31-16)18-5-3-2-4-6-18)24(29)25-14-13-17-7-11-20(12-8-17)30-15-21(28)26-19-9-10-19/h2-8,11-12,19H,9-10,13-15H2,1H3,(H,25,29)(H,26,28). The van der Waals surface area contributed by atoms with E-state index in [-0.39, 0.29) is 18.4 Å². The fourth-order valence-corrected chi connectivity index (χ4v) is 3.24. The van der Waals surface area contributed by atoms with E-state index < -0.39 is 0 Å². The molecule has 0 bridgehead atoms. The Kier molecular flexibility index (Phi) is 6.31. The molecular weight excluding hydrogens is 394 g/mol. The van der Waals surface area contributed by atoms with Crippen molar-refractivity contribution in [2.24, 2.45) is 0 Å². The van der Waals surface area contributed by atoms with Crippen LogP contribution in [0.5, 0.6) is 5.75 Å². The zero-order valence-electron chi connectivity index (χ0n) is 17.4. The summed E-state index contributed by atoms with van der Waals surface area (Å²) in [5.41, 5.74) is 2.90. The number of benzene rings is 2. The van der Waals surface area contributed by atoms with Crippen molar-refractivity contribution in [2.75, 3.05) is 13.2 Å². The van der Waals surface area contributed by atoms with E-state index >= 15 is 0 Å². The molecule has 3 aromatic rings. The number of hydrogen-bond donors (Lipinski definition) is 2. The first-order chi connectivity index (χ1) is 15.1. The quantitative estimate of drug-likeness (QED) is 0.555. The zero-order valence-corrected chi connectivity index (χ0v) is 17.4. The molecule has 1 fully saturated rings. The Balaban J connectivity index is 1.27. The lowest BCUT2D eigenvalue weighted by atomic mass is 10.1. The third-order valence-electron chi connectivity index (χ3n) is 5.07. The molecule has 0 atom stereocenters. The van der Waals surface area contributed by atoms with Crippen LogP contribution in [-0.2, 0) is 11.2 Å². The number of nitrogens with one attached hydrogen (secondary N) is 2. The van der Waals surface area contributed by atoms with Gasteiger partial charge < -0.3 is 19.9 Å². The van der Waals surface area contributed by atoms with Crippen molar-refractivity contribution < 1.29 is 18.8 Å². The monoisotopic (exact) mass is 419 g/mol. The molecule has 7 nitrogen and oxygen atoms in total. The van der Waals surface area contributed by atoms with Crippen molar-refractivity contribution in [1.82, 2.24) is 15.8 Å². The van der Waals surface area contributed by atoms with Gasteiger partial charge in [-0.05, 0) is 43.9 Å². The van der Waals surface area contributed by atoms with Crippen molar-refractivity contribution in [1.29, 1.82) is 0 Å². The number of carbonyl (C=O) groups excluding carboxylic acids is 2. The highest BCUT2D eigenvalue weighted by Crippen LogP contribution is 2.25. The summed E-state index contributed by atoms with van der Waals surface area (Å²) in [6.45, 7) is 2.23. The molecule has 2 amide bonds. The summed E-state index contributed by atoms with van der Waals surface area (Å²) >= 11 is 0. The molecule has 160 valence electrons. The van der Waals surface area contributed by atoms with Crippen LogP contribution in [0.1, 0.15) is 34.5 Å². The lowest BCUT2D eigenvalue weighted by Gasteiger charge is -2.08. The van der Waals surface area contributed by atoms with Crippen molar-refractivity contribution in [3.8, 4) is 17.0 Å². The number of aryl methyl sites for hydroxylation is 1. The number of carbonyl (C=O) groups is 2. The Hall–Kier alpha value is -3.61. The first-order valence-electron chi connectivity index (χ1n) is 10.4. The second-order valence-electron chi connectivity index (χ2n) is 7.61. The van der Waals surface area contributed by atoms with Crippen molar-refractivity contribution in [3.63, 3.8) is 0 Å². The van der Waals surface area contributed by atoms with Crippen LogP contribution in [0.15, 0.2) is 59.1 Å². The van der Waals surface area contributed by atoms with Gasteiger partial charge in [0, 0.05) is 18.2 Å². The first-order valence-corrected chi connectivity index (χ1v) is 10.4. The lowest BCUT2D eigenvalue weighted by molar-refractivity contribution is -0.123. The van der Waals surface area contributed by atoms with Gasteiger partial charge in [-0.2, -0.15) is 0 Å². The molecule has 0 aliphatic heterocycles. The predicted octanol–water partition coefficient (Wildman–Crippen LogP) is 3.28. The number of nitrogens with zero attached hydrogens (tertiary/aromatic N) is 1. The molecule has 2 N–H and O–H groups in total. The minimum Gasteiger partial charge on any atom is -0.484 e. The minimum atomic E-state index is -0.209. The van der Waals surface area contributed by atoms with Crippen LogP contribution in [0.3, 0.4) is 0 Å². The molecule has 7 heteroatoms. The van der Waals surface area contributed by atoms with Crippen molar-refractivity contribution in [2.45, 2.75) is 32.2 Å². The summed E-state index contributed by atoms with van der Waals surface area (Å²) in [4.78, 5) is 24.4. The van der Waals surface area contributed by atoms with Gasteiger partial charge >= 0.3 is 0 Å². The summed E-state index contributed by atoms with van der Waals surface area (Å²) in [5, 5.41) is 9.88. The maximum atomic E-state index is 12.7. The van der Waals surface area contributed by atoms with Crippen LogP contribution in [0.2, 0.25) is 0 Å². The van der Waals surface area contributed by atoms with Crippen LogP contribution in [-0.4, -0.2) is 36.2 Å². The molecule has 0 radical (unpaired) electrons. The average molecular weight is 419 g/mol. The molecule has 0 spiro atoms. The molecule has 1 aromatic heterocycles. The lowest BCUT2D eigenvalue weighted by Crippen LogP contribution is -2.30. The fraction of sp³-hybridized carbons (Fsp3) is 0.292. The largest absolute Gasteiger partial charge is 0.484 e. The van der Waals surface area contributed by atoms with Gasteiger partial charge in [-0.1, -0.05) is 47.6 Å². The van der Waals surface area contributed by atoms with Gasteiger partial charge in [0.1, 0.15) is 22.8 Å². The van der Waals surface area contributed by atoms with Gasteiger partial charge in [0.25, 0.3) is 11.8 Å². The fourth-order valence-electron chi connectivity index (χ4n) is 3.24. The Morgan fingerprint density at radius 2 is 1.84 bits per heavy atom. The van der Waals surface area contributed by atoms with Crippen LogP contribution in [0, 0.1) is 6.92 Å². The topological polar surface area (TPSA) is 93.5 Å². The highest BCUT2D eigenvalue weighted by Gasteiger charge is 2.23. The normalized spacial score (nSPS) is 12.9. The summed E-state index contributed by atoms with van der Waals surface area (Å²) in [5.74, 6) is 0.835. The SMILES string of the molecule is Cc1onc(-c2ccccc2)c1C(=O)NCCc1ccc(OCC(=O)NC2CC2)cc1. The number of hydrogen-bond acceptors (Lipinski definition) is 5. The van der Waals surface area contributed by atoms with Crippen LogP contribution in [0.25, 0.3) is 11.3 Å². The molecule has 4 rings (SSSR count). The highest BCUT2D eigenvalue weighted by atomic mass is 16.5. The summed E-state index contributed by atoms with van der Waals surface area (Å²) < 4.78 is 10.8. The highest BCUT2D eigenvalue weighted by molar-refractivity contribution is 6.00. The average Bonchev–Trinajstić information content (AvgIpc) is 3.51. The number of ether oxygens (including phenoxy) is 1. The Bertz CT molecular complexity index is 1040. The molecule has 1 aliphatic rings. The van der Waals surface area contributed by atoms with E-state index in [4.69, 9.17) is 9.26 Å². The van der Waals surface area contributed by atoms with E-state index in [1.807, 2.05) is 54.6 Å². The molecule has 1 saturated carbocycles. The molecule has 2 aromatic carbocycles. The molecule has 1 heterocycles. The molecule has 1 aliphatic carbocycles. The van der Waals surface area contributed by atoms with Gasteiger partial charge in [0.15, 0.2) is 6.61 Å². The molecule has 31 heavy (non-hydrogen) atoms. The second kappa shape index (κ2) is 9.47. The van der Waals surface area contributed by atoms with E-state index in [9.17, 15) is 9.59 Å². The third kappa shape index (κ3) is 5.51. The van der Waals surface area contributed by atoms with Gasteiger partial charge in [0.2, 0.25) is 0 Å². The Labute approximate surface area is 180 Å². The summed E-state index contributed by atoms with van der Waals surface area (Å²) in [6, 6.07) is 17.4. The smallest absolute Gasteiger partial charge is 0.258 e. The predicted molar refractivity (Wildman–Crippen MR) is 116 cm³/mol. The zero-order chi connectivity index (χ0) is 21.6. The maximum Gasteiger partial charge on any atom is 0.258 e. The van der Waals surface area contributed by atoms with E-state index in [0.29, 0.717) is 41.8 Å². The van der Waals surface area contributed by atoms with E-state index in [1.54, 1.807) is 6.92 Å². The van der Waals surface area contributed by atoms with Crippen LogP contribution in [0.4, 0.5) is 0 Å². The van der Waals surface area contributed by atoms with Crippen molar-refractivity contribution >= 4 is 11.8 Å². The second-order valence-corrected chi connectivity index (χ2v) is 7.61. The summed E-state index contributed by atoms with van der Waals surface area (Å²) in [6.07, 6.45) is 2.78. The van der Waals surface area contributed by atoms with Crippen molar-refractivity contribution in [3.05, 3.63) is 71.5 Å². The van der Waals surface area contributed by atoms with Gasteiger partial charge in [-0.25, -0.2) is 0 Å². The number of aromatic nitrogens is 1. The van der Waals surface area contributed by atoms with Crippen LogP contribution >= 0.6 is 0 Å². The third-order valence-corrected chi connectivity index (χ3v) is 5.07. The summed E-state index contributed by atoms with van der Waals surface area (Å²) in [7, 11) is 0. The minimum absolute atomic E-state index is 0.0216. The number of rotatable bonds is 9. The number of amides is 2. The molecular formula is C24H25N3O4. The van der Waals surface area contributed by atoms with Gasteiger partial charge in [0.05, 0.1) is 0 Å². The molecule has 0 saturated heterocycles. The van der Waals surface area contributed by atoms with E-state index in [2.05, 4.69) is 15.8 Å². The Morgan fingerprint density at radius 1 is 1.10 bits per heavy atom. The van der Waals surface area contributed by atoms with Gasteiger partial charge in [-0.3, -0.25) is 9.59 Å². The van der Waals surface area contributed by atoms with E-state index in [1.165, 1.54) is 0 Å². The molecule has 0 unspecified atom stereocenters. The van der Waals surface area contributed by atoms with E-state index in [0.717, 1.165) is 24.0 Å². The first kappa shape index (κ1) is 20.7.